The molecule has 5 N–H and O–H groups in total. The van der Waals surface area contributed by atoms with Gasteiger partial charge >= 0.3 is 6.09 Å². The number of amidine groups is 1. The summed E-state index contributed by atoms with van der Waals surface area (Å²) in [5.41, 5.74) is 13.0. The summed E-state index contributed by atoms with van der Waals surface area (Å²) >= 11 is 0. The molecule has 2 aliphatic rings. The molecule has 5 heterocycles. The van der Waals surface area contributed by atoms with E-state index in [9.17, 15) is 9.90 Å². The van der Waals surface area contributed by atoms with E-state index in [2.05, 4.69) is 26.6 Å². The number of aromatic nitrogens is 3. The third-order valence-electron chi connectivity index (χ3n) is 8.23. The maximum atomic E-state index is 12.4. The van der Waals surface area contributed by atoms with Crippen LogP contribution in [-0.4, -0.2) is 75.6 Å². The predicted octanol–water partition coefficient (Wildman–Crippen LogP) is 5.01. The van der Waals surface area contributed by atoms with Crippen molar-refractivity contribution in [3.8, 4) is 16.9 Å². The number of nitrogens with zero attached hydrogens (tertiary/aromatic N) is 5. The molecule has 2 saturated heterocycles. The highest BCUT2D eigenvalue weighted by atomic mass is 16.6. The zero-order valence-corrected chi connectivity index (χ0v) is 26.8. The summed E-state index contributed by atoms with van der Waals surface area (Å²) in [4.78, 5) is 23.9. The topological polar surface area (TPSA) is 152 Å². The van der Waals surface area contributed by atoms with E-state index in [1.54, 1.807) is 30.6 Å². The number of benzene rings is 1. The highest BCUT2D eigenvalue weighted by molar-refractivity contribution is 6.06. The summed E-state index contributed by atoms with van der Waals surface area (Å²) in [6, 6.07) is 9.29. The third kappa shape index (κ3) is 6.86. The Balaban J connectivity index is 1.34. The number of rotatable bonds is 8. The summed E-state index contributed by atoms with van der Waals surface area (Å²) in [7, 11) is 0. The SMILES string of the molecule is CCc1cc(O)ccc1N=C(N)c1cnn2cc(-c3cnccc3N3CC[C@@H](NC(=O)OC(C)(C)C)C3)cc2c1N[C@H]1CCOC1. The Morgan fingerprint density at radius 3 is 2.80 bits per heavy atom. The van der Waals surface area contributed by atoms with Gasteiger partial charge in [0.1, 0.15) is 17.2 Å². The number of pyridine rings is 1. The van der Waals surface area contributed by atoms with E-state index in [1.807, 2.05) is 50.7 Å². The third-order valence-corrected chi connectivity index (χ3v) is 8.23. The average Bonchev–Trinajstić information content (AvgIpc) is 3.79. The van der Waals surface area contributed by atoms with E-state index in [4.69, 9.17) is 25.3 Å². The first kappa shape index (κ1) is 31.2. The van der Waals surface area contributed by atoms with Gasteiger partial charge in [-0.05, 0) is 75.9 Å². The molecule has 0 aliphatic carbocycles. The number of amides is 1. The lowest BCUT2D eigenvalue weighted by Gasteiger charge is -2.23. The number of phenolic OH excluding ortho intramolecular Hbond substituents is 1. The molecule has 4 aromatic rings. The quantitative estimate of drug-likeness (QED) is 0.156. The zero-order chi connectivity index (χ0) is 32.4. The second-order valence-corrected chi connectivity index (χ2v) is 12.8. The fourth-order valence-electron chi connectivity index (χ4n) is 6.01. The monoisotopic (exact) mass is 626 g/mol. The number of hydrogen-bond acceptors (Lipinski definition) is 9. The van der Waals surface area contributed by atoms with Crippen LogP contribution in [0, 0.1) is 0 Å². The molecule has 0 radical (unpaired) electrons. The number of carbonyl (C=O) groups is 1. The molecule has 12 heteroatoms. The minimum absolute atomic E-state index is 0.0262. The second-order valence-electron chi connectivity index (χ2n) is 12.8. The Hall–Kier alpha value is -4.84. The van der Waals surface area contributed by atoms with Gasteiger partial charge in [-0.3, -0.25) is 4.98 Å². The molecular weight excluding hydrogens is 584 g/mol. The van der Waals surface area contributed by atoms with Crippen LogP contribution in [0.2, 0.25) is 0 Å². The van der Waals surface area contributed by atoms with Crippen LogP contribution in [0.5, 0.6) is 5.75 Å². The largest absolute Gasteiger partial charge is 0.508 e. The number of fused-ring (bicyclic) bond motifs is 1. The van der Waals surface area contributed by atoms with Crippen molar-refractivity contribution in [1.29, 1.82) is 0 Å². The van der Waals surface area contributed by atoms with E-state index >= 15 is 0 Å². The van der Waals surface area contributed by atoms with Crippen molar-refractivity contribution in [3.05, 3.63) is 66.2 Å². The lowest BCUT2D eigenvalue weighted by atomic mass is 10.1. The number of nitrogens with two attached hydrogens (primary N) is 1. The number of nitrogens with one attached hydrogen (secondary N) is 2. The van der Waals surface area contributed by atoms with Gasteiger partial charge in [0.05, 0.1) is 47.3 Å². The Labute approximate surface area is 268 Å². The van der Waals surface area contributed by atoms with Crippen LogP contribution >= 0.6 is 0 Å². The van der Waals surface area contributed by atoms with Crippen molar-refractivity contribution in [2.24, 2.45) is 10.7 Å². The molecule has 0 bridgehead atoms. The molecule has 0 saturated carbocycles. The molecule has 2 aliphatic heterocycles. The summed E-state index contributed by atoms with van der Waals surface area (Å²) < 4.78 is 13.0. The standard InChI is InChI=1S/C34H42N8O4/c1-5-21-14-25(43)6-7-28(21)40-32(35)27-17-37-42-18-22(15-30(42)31(27)38-24-10-13-45-20-24)26-16-36-11-8-29(26)41-12-9-23(19-41)39-33(44)46-34(2,3)4/h6-8,11,14-18,23-24,38,43H,5,9-10,12-13,19-20H2,1-4H3,(H2,35,40)(H,39,44)/t23-,24+/m1/s1. The van der Waals surface area contributed by atoms with Gasteiger partial charge in [-0.1, -0.05) is 6.92 Å². The normalized spacial score (nSPS) is 18.7. The van der Waals surface area contributed by atoms with Gasteiger partial charge in [0.2, 0.25) is 0 Å². The summed E-state index contributed by atoms with van der Waals surface area (Å²) in [5, 5.41) is 21.4. The fourth-order valence-corrected chi connectivity index (χ4v) is 6.01. The van der Waals surface area contributed by atoms with Crippen molar-refractivity contribution in [3.63, 3.8) is 0 Å². The number of carbonyl (C=O) groups excluding carboxylic acids is 1. The van der Waals surface area contributed by atoms with Crippen LogP contribution in [-0.2, 0) is 15.9 Å². The Kier molecular flexibility index (Phi) is 8.72. The number of anilines is 2. The molecule has 1 amide bonds. The molecule has 12 nitrogen and oxygen atoms in total. The molecule has 46 heavy (non-hydrogen) atoms. The lowest BCUT2D eigenvalue weighted by Crippen LogP contribution is -2.40. The summed E-state index contributed by atoms with van der Waals surface area (Å²) in [5.74, 6) is 0.516. The minimum atomic E-state index is -0.551. The van der Waals surface area contributed by atoms with E-state index in [0.717, 1.165) is 53.0 Å². The van der Waals surface area contributed by atoms with Crippen molar-refractivity contribution in [2.75, 3.05) is 36.5 Å². The molecule has 1 aromatic carbocycles. The predicted molar refractivity (Wildman–Crippen MR) is 179 cm³/mol. The van der Waals surface area contributed by atoms with Crippen LogP contribution in [0.25, 0.3) is 16.6 Å². The van der Waals surface area contributed by atoms with Crippen molar-refractivity contribution in [2.45, 2.75) is 64.6 Å². The maximum Gasteiger partial charge on any atom is 0.407 e. The Bertz CT molecular complexity index is 1760. The number of aromatic hydroxyl groups is 1. The zero-order valence-electron chi connectivity index (χ0n) is 26.8. The van der Waals surface area contributed by atoms with Gasteiger partial charge in [-0.2, -0.15) is 5.10 Å². The average molecular weight is 627 g/mol. The minimum Gasteiger partial charge on any atom is -0.508 e. The first-order chi connectivity index (χ1) is 22.1. The Morgan fingerprint density at radius 1 is 1.20 bits per heavy atom. The van der Waals surface area contributed by atoms with Gasteiger partial charge in [0, 0.05) is 55.1 Å². The molecule has 0 spiro atoms. The summed E-state index contributed by atoms with van der Waals surface area (Å²) in [6.45, 7) is 10.3. The van der Waals surface area contributed by atoms with Crippen LogP contribution in [0.3, 0.4) is 0 Å². The number of alkyl carbamates (subject to hydrolysis) is 1. The van der Waals surface area contributed by atoms with Crippen molar-refractivity contribution in [1.82, 2.24) is 19.9 Å². The molecule has 242 valence electrons. The van der Waals surface area contributed by atoms with Gasteiger partial charge in [-0.15, -0.1) is 0 Å². The number of aliphatic imine (C=N–C) groups is 1. The highest BCUT2D eigenvalue weighted by Crippen LogP contribution is 2.36. The molecular formula is C34H42N8O4. The van der Waals surface area contributed by atoms with E-state index < -0.39 is 11.7 Å². The van der Waals surface area contributed by atoms with Gasteiger partial charge < -0.3 is 35.8 Å². The molecule has 6 rings (SSSR count). The van der Waals surface area contributed by atoms with Gasteiger partial charge in [0.15, 0.2) is 0 Å². The Morgan fingerprint density at radius 2 is 2.04 bits per heavy atom. The molecule has 2 fully saturated rings. The van der Waals surface area contributed by atoms with Gasteiger partial charge in [-0.25, -0.2) is 14.3 Å². The van der Waals surface area contributed by atoms with Crippen LogP contribution < -0.4 is 21.3 Å². The maximum absolute atomic E-state index is 12.4. The first-order valence-electron chi connectivity index (χ1n) is 15.8. The van der Waals surface area contributed by atoms with E-state index in [1.165, 1.54) is 0 Å². The number of hydrogen-bond donors (Lipinski definition) is 4. The molecule has 0 unspecified atom stereocenters. The smallest absolute Gasteiger partial charge is 0.407 e. The second kappa shape index (κ2) is 12.9. The van der Waals surface area contributed by atoms with Crippen molar-refractivity contribution < 1.29 is 19.4 Å². The lowest BCUT2D eigenvalue weighted by molar-refractivity contribution is 0.0509. The number of phenols is 1. The fraction of sp³-hybridized carbons (Fsp3) is 0.412. The number of ether oxygens (including phenoxy) is 2. The molecule has 2 atom stereocenters. The van der Waals surface area contributed by atoms with Crippen LogP contribution in [0.1, 0.15) is 51.7 Å². The highest BCUT2D eigenvalue weighted by Gasteiger charge is 2.28. The van der Waals surface area contributed by atoms with E-state index in [-0.39, 0.29) is 17.8 Å². The van der Waals surface area contributed by atoms with E-state index in [0.29, 0.717) is 43.3 Å². The number of aryl methyl sites for hydroxylation is 1. The van der Waals surface area contributed by atoms with Gasteiger partial charge in [0.25, 0.3) is 0 Å². The summed E-state index contributed by atoms with van der Waals surface area (Å²) in [6.07, 6.45) is 9.36. The van der Waals surface area contributed by atoms with Crippen LogP contribution in [0.4, 0.5) is 21.9 Å². The van der Waals surface area contributed by atoms with Crippen LogP contribution in [0.15, 0.2) is 60.1 Å². The van der Waals surface area contributed by atoms with Crippen molar-refractivity contribution >= 4 is 34.5 Å². The molecule has 3 aromatic heterocycles. The first-order valence-corrected chi connectivity index (χ1v) is 15.8.